The number of anilines is 1. The van der Waals surface area contributed by atoms with Gasteiger partial charge in [-0.2, -0.15) is 0 Å². The number of carbonyl (C=O) groups is 2. The Morgan fingerprint density at radius 2 is 1.65 bits per heavy atom. The number of hydrogen-bond donors (Lipinski definition) is 3. The molecule has 0 saturated carbocycles. The van der Waals surface area contributed by atoms with Crippen LogP contribution in [0.4, 0.5) is 5.69 Å². The fourth-order valence-corrected chi connectivity index (χ4v) is 3.77. The van der Waals surface area contributed by atoms with E-state index in [1.165, 1.54) is 6.08 Å². The summed E-state index contributed by atoms with van der Waals surface area (Å²) >= 11 is 5.25. The lowest BCUT2D eigenvalue weighted by Gasteiger charge is -2.18. The quantitative estimate of drug-likeness (QED) is 0.316. The Labute approximate surface area is 206 Å². The predicted octanol–water partition coefficient (Wildman–Crippen LogP) is 4.44. The molecule has 0 heterocycles. The minimum atomic E-state index is -0.324. The molecule has 0 aromatic heterocycles. The van der Waals surface area contributed by atoms with E-state index in [1.807, 2.05) is 42.5 Å². The lowest BCUT2D eigenvalue weighted by molar-refractivity contribution is -0.115. The molecule has 3 aromatic carbocycles. The number of fused-ring (bicyclic) bond motifs is 1. The lowest BCUT2D eigenvalue weighted by atomic mass is 10.0. The molecule has 3 N–H and O–H groups in total. The Balaban J connectivity index is 1.49. The van der Waals surface area contributed by atoms with E-state index >= 15 is 0 Å². The molecule has 0 fully saturated rings. The molecule has 176 valence electrons. The van der Waals surface area contributed by atoms with Crippen LogP contribution in [0.15, 0.2) is 72.8 Å². The lowest BCUT2D eigenvalue weighted by Crippen LogP contribution is -2.34. The summed E-state index contributed by atoms with van der Waals surface area (Å²) in [4.78, 5) is 26.9. The Kier molecular flexibility index (Phi) is 9.31. The van der Waals surface area contributed by atoms with Crippen LogP contribution in [0, 0.1) is 0 Å². The number of benzene rings is 3. The van der Waals surface area contributed by atoms with Crippen molar-refractivity contribution in [2.45, 2.75) is 13.8 Å². The van der Waals surface area contributed by atoms with Crippen molar-refractivity contribution >= 4 is 51.7 Å². The molecule has 34 heavy (non-hydrogen) atoms. The highest BCUT2D eigenvalue weighted by Crippen LogP contribution is 2.19. The standard InChI is InChI=1S/C27H30N4O2S/c1-3-31(4-2)19-18-28-26(33)22-12-15-23(16-13-22)29-27(34)30-25(32)17-14-21-10-7-9-20-8-5-6-11-24(20)21/h5-17H,3-4,18-19H2,1-2H3,(H,28,33)(H2,29,30,32,34)/b17-14+. The van der Waals surface area contributed by atoms with Crippen molar-refractivity contribution in [3.8, 4) is 0 Å². The maximum Gasteiger partial charge on any atom is 0.251 e. The van der Waals surface area contributed by atoms with E-state index in [2.05, 4.69) is 34.7 Å². The summed E-state index contributed by atoms with van der Waals surface area (Å²) in [5.41, 5.74) is 2.21. The van der Waals surface area contributed by atoms with Crippen LogP contribution in [-0.2, 0) is 4.79 Å². The van der Waals surface area contributed by atoms with Gasteiger partial charge in [-0.3, -0.25) is 14.9 Å². The number of likely N-dealkylation sites (N-methyl/N-ethyl adjacent to an activating group) is 1. The van der Waals surface area contributed by atoms with Crippen molar-refractivity contribution in [3.63, 3.8) is 0 Å². The second kappa shape index (κ2) is 12.6. The number of carbonyl (C=O) groups excluding carboxylic acids is 2. The largest absolute Gasteiger partial charge is 0.351 e. The van der Waals surface area contributed by atoms with Gasteiger partial charge >= 0.3 is 0 Å². The van der Waals surface area contributed by atoms with Gasteiger partial charge in [0.2, 0.25) is 5.91 Å². The normalized spacial score (nSPS) is 11.0. The Morgan fingerprint density at radius 3 is 2.38 bits per heavy atom. The molecule has 3 aromatic rings. The maximum atomic E-state index is 12.3. The average Bonchev–Trinajstić information content (AvgIpc) is 2.85. The van der Waals surface area contributed by atoms with Crippen LogP contribution in [0.2, 0.25) is 0 Å². The Morgan fingerprint density at radius 1 is 0.941 bits per heavy atom. The molecule has 6 nitrogen and oxygen atoms in total. The van der Waals surface area contributed by atoms with Crippen molar-refractivity contribution in [2.75, 3.05) is 31.5 Å². The van der Waals surface area contributed by atoms with Gasteiger partial charge in [0.1, 0.15) is 0 Å². The zero-order valence-corrected chi connectivity index (χ0v) is 20.3. The van der Waals surface area contributed by atoms with Gasteiger partial charge in [0.15, 0.2) is 5.11 Å². The molecular weight excluding hydrogens is 444 g/mol. The number of nitrogens with zero attached hydrogens (tertiary/aromatic N) is 1. The summed E-state index contributed by atoms with van der Waals surface area (Å²) in [6.45, 7) is 7.55. The molecule has 2 amide bonds. The summed E-state index contributed by atoms with van der Waals surface area (Å²) in [6, 6.07) is 20.9. The van der Waals surface area contributed by atoms with Crippen molar-refractivity contribution in [1.29, 1.82) is 0 Å². The average molecular weight is 475 g/mol. The van der Waals surface area contributed by atoms with E-state index in [9.17, 15) is 9.59 Å². The predicted molar refractivity (Wildman–Crippen MR) is 144 cm³/mol. The second-order valence-corrected chi connectivity index (χ2v) is 8.11. The Bertz CT molecular complexity index is 1170. The number of nitrogens with one attached hydrogen (secondary N) is 3. The van der Waals surface area contributed by atoms with E-state index in [1.54, 1.807) is 30.3 Å². The molecule has 7 heteroatoms. The SMILES string of the molecule is CCN(CC)CCNC(=O)c1ccc(NC(=S)NC(=O)/C=C/c2cccc3ccccc23)cc1. The van der Waals surface area contributed by atoms with Gasteiger partial charge in [0.25, 0.3) is 5.91 Å². The summed E-state index contributed by atoms with van der Waals surface area (Å²) in [5, 5.41) is 10.9. The fraction of sp³-hybridized carbons (Fsp3) is 0.222. The molecular formula is C27H30N4O2S. The number of amides is 2. The second-order valence-electron chi connectivity index (χ2n) is 7.71. The van der Waals surface area contributed by atoms with Crippen LogP contribution in [0.3, 0.4) is 0 Å². The summed E-state index contributed by atoms with van der Waals surface area (Å²) in [5.74, 6) is -0.442. The third-order valence-electron chi connectivity index (χ3n) is 5.49. The molecule has 0 bridgehead atoms. The molecule has 0 spiro atoms. The van der Waals surface area contributed by atoms with E-state index in [0.717, 1.165) is 36.0 Å². The molecule has 0 radical (unpaired) electrons. The van der Waals surface area contributed by atoms with Crippen molar-refractivity contribution in [1.82, 2.24) is 15.5 Å². The molecule has 0 aliphatic rings. The summed E-state index contributed by atoms with van der Waals surface area (Å²) in [7, 11) is 0. The van der Waals surface area contributed by atoms with Gasteiger partial charge < -0.3 is 15.5 Å². The van der Waals surface area contributed by atoms with E-state index in [-0.39, 0.29) is 16.9 Å². The van der Waals surface area contributed by atoms with E-state index in [4.69, 9.17) is 12.2 Å². The number of hydrogen-bond acceptors (Lipinski definition) is 4. The monoisotopic (exact) mass is 474 g/mol. The van der Waals surface area contributed by atoms with Crippen LogP contribution in [0.1, 0.15) is 29.8 Å². The zero-order chi connectivity index (χ0) is 24.3. The first-order valence-corrected chi connectivity index (χ1v) is 11.8. The third-order valence-corrected chi connectivity index (χ3v) is 5.69. The van der Waals surface area contributed by atoms with E-state index in [0.29, 0.717) is 17.8 Å². The van der Waals surface area contributed by atoms with Gasteiger partial charge in [-0.1, -0.05) is 56.3 Å². The van der Waals surface area contributed by atoms with Gasteiger partial charge in [-0.05, 0) is 72.0 Å². The fourth-order valence-electron chi connectivity index (χ4n) is 3.55. The van der Waals surface area contributed by atoms with Crippen molar-refractivity contribution in [2.24, 2.45) is 0 Å². The molecule has 0 unspecified atom stereocenters. The molecule has 0 aliphatic carbocycles. The Hall–Kier alpha value is -3.55. The third kappa shape index (κ3) is 7.23. The first-order valence-electron chi connectivity index (χ1n) is 11.4. The molecule has 3 rings (SSSR count). The summed E-state index contributed by atoms with van der Waals surface area (Å²) in [6.07, 6.45) is 3.23. The van der Waals surface area contributed by atoms with Crippen LogP contribution < -0.4 is 16.0 Å². The first kappa shape index (κ1) is 25.1. The highest BCUT2D eigenvalue weighted by atomic mass is 32.1. The van der Waals surface area contributed by atoms with Crippen LogP contribution in [0.25, 0.3) is 16.8 Å². The smallest absolute Gasteiger partial charge is 0.251 e. The highest BCUT2D eigenvalue weighted by molar-refractivity contribution is 7.80. The highest BCUT2D eigenvalue weighted by Gasteiger charge is 2.07. The van der Waals surface area contributed by atoms with Gasteiger partial charge in [-0.15, -0.1) is 0 Å². The maximum absolute atomic E-state index is 12.3. The molecule has 0 saturated heterocycles. The zero-order valence-electron chi connectivity index (χ0n) is 19.5. The minimum Gasteiger partial charge on any atom is -0.351 e. The van der Waals surface area contributed by atoms with E-state index < -0.39 is 0 Å². The number of rotatable bonds is 9. The van der Waals surface area contributed by atoms with Gasteiger partial charge in [0, 0.05) is 30.4 Å². The minimum absolute atomic E-state index is 0.117. The molecule has 0 atom stereocenters. The van der Waals surface area contributed by atoms with Gasteiger partial charge in [0.05, 0.1) is 0 Å². The van der Waals surface area contributed by atoms with Crippen molar-refractivity contribution < 1.29 is 9.59 Å². The number of thiocarbonyl (C=S) groups is 1. The van der Waals surface area contributed by atoms with Crippen LogP contribution in [0.5, 0.6) is 0 Å². The first-order chi connectivity index (χ1) is 16.5. The topological polar surface area (TPSA) is 73.5 Å². The summed E-state index contributed by atoms with van der Waals surface area (Å²) < 4.78 is 0. The van der Waals surface area contributed by atoms with Crippen molar-refractivity contribution in [3.05, 3.63) is 83.9 Å². The van der Waals surface area contributed by atoms with Crippen LogP contribution in [-0.4, -0.2) is 48.0 Å². The van der Waals surface area contributed by atoms with Gasteiger partial charge in [-0.25, -0.2) is 0 Å². The van der Waals surface area contributed by atoms with Crippen LogP contribution >= 0.6 is 12.2 Å². The molecule has 0 aliphatic heterocycles.